The third-order valence-electron chi connectivity index (χ3n) is 3.62. The Bertz CT molecular complexity index is 391. The van der Waals surface area contributed by atoms with Gasteiger partial charge in [0.05, 0.1) is 0 Å². The molecule has 114 valence electrons. The van der Waals surface area contributed by atoms with Gasteiger partial charge in [-0.25, -0.2) is 9.59 Å². The zero-order valence-corrected chi connectivity index (χ0v) is 12.3. The minimum atomic E-state index is -1.25. The van der Waals surface area contributed by atoms with Crippen LogP contribution in [0.3, 0.4) is 0 Å². The number of aliphatic carboxylic acids is 1. The lowest BCUT2D eigenvalue weighted by molar-refractivity contribution is -0.144. The molecule has 1 aliphatic rings. The summed E-state index contributed by atoms with van der Waals surface area (Å²) in [6.45, 7) is 6.71. The SMILES string of the molecule is CCCC(C)(NC(=O)N1CCN(C(C)=O)CC1)C(=O)O. The van der Waals surface area contributed by atoms with Gasteiger partial charge >= 0.3 is 12.0 Å². The molecule has 2 N–H and O–H groups in total. The molecule has 20 heavy (non-hydrogen) atoms. The molecular weight excluding hydrogens is 262 g/mol. The molecule has 0 saturated carbocycles. The van der Waals surface area contributed by atoms with Crippen molar-refractivity contribution < 1.29 is 19.5 Å². The van der Waals surface area contributed by atoms with Crippen LogP contribution >= 0.6 is 0 Å². The van der Waals surface area contributed by atoms with Gasteiger partial charge in [0.25, 0.3) is 0 Å². The monoisotopic (exact) mass is 285 g/mol. The highest BCUT2D eigenvalue weighted by Gasteiger charge is 2.35. The second-order valence-corrected chi connectivity index (χ2v) is 5.31. The lowest BCUT2D eigenvalue weighted by atomic mass is 9.96. The number of hydrogen-bond acceptors (Lipinski definition) is 3. The van der Waals surface area contributed by atoms with Crippen LogP contribution in [0.2, 0.25) is 0 Å². The first kappa shape index (κ1) is 16.3. The van der Waals surface area contributed by atoms with E-state index in [-0.39, 0.29) is 11.9 Å². The Hall–Kier alpha value is -1.79. The largest absolute Gasteiger partial charge is 0.480 e. The van der Waals surface area contributed by atoms with Crippen molar-refractivity contribution >= 4 is 17.9 Å². The quantitative estimate of drug-likeness (QED) is 0.787. The number of urea groups is 1. The summed E-state index contributed by atoms with van der Waals surface area (Å²) in [5, 5.41) is 11.8. The highest BCUT2D eigenvalue weighted by Crippen LogP contribution is 2.14. The van der Waals surface area contributed by atoms with E-state index in [0.717, 1.165) is 0 Å². The average Bonchev–Trinajstić information content (AvgIpc) is 2.38. The van der Waals surface area contributed by atoms with Crippen molar-refractivity contribution in [1.29, 1.82) is 0 Å². The Labute approximate surface area is 118 Å². The molecule has 0 aliphatic carbocycles. The van der Waals surface area contributed by atoms with Gasteiger partial charge in [-0.1, -0.05) is 13.3 Å². The fraction of sp³-hybridized carbons (Fsp3) is 0.769. The van der Waals surface area contributed by atoms with Gasteiger partial charge in [-0.05, 0) is 13.3 Å². The van der Waals surface area contributed by atoms with Crippen LogP contribution < -0.4 is 5.32 Å². The summed E-state index contributed by atoms with van der Waals surface area (Å²) >= 11 is 0. The molecule has 0 aromatic rings. The topological polar surface area (TPSA) is 90.0 Å². The molecule has 7 nitrogen and oxygen atoms in total. The van der Waals surface area contributed by atoms with Crippen LogP contribution in [0.1, 0.15) is 33.6 Å². The minimum absolute atomic E-state index is 0.00795. The smallest absolute Gasteiger partial charge is 0.329 e. The van der Waals surface area contributed by atoms with E-state index in [1.165, 1.54) is 13.8 Å². The van der Waals surface area contributed by atoms with Crippen molar-refractivity contribution in [2.24, 2.45) is 0 Å². The Morgan fingerprint density at radius 3 is 2.05 bits per heavy atom. The molecule has 1 saturated heterocycles. The number of carboxylic acids is 1. The van der Waals surface area contributed by atoms with Gasteiger partial charge < -0.3 is 20.2 Å². The van der Waals surface area contributed by atoms with Crippen LogP contribution in [0, 0.1) is 0 Å². The summed E-state index contributed by atoms with van der Waals surface area (Å²) in [6.07, 6.45) is 1.04. The standard InChI is InChI=1S/C13H23N3O4/c1-4-5-13(3,11(18)19)14-12(20)16-8-6-15(7-9-16)10(2)17/h4-9H2,1-3H3,(H,14,20)(H,18,19). The summed E-state index contributed by atoms with van der Waals surface area (Å²) in [5.41, 5.74) is -1.25. The number of carboxylic acid groups (broad SMARTS) is 1. The number of nitrogens with zero attached hydrogens (tertiary/aromatic N) is 2. The molecule has 1 aliphatic heterocycles. The highest BCUT2D eigenvalue weighted by molar-refractivity contribution is 5.86. The third kappa shape index (κ3) is 3.85. The summed E-state index contributed by atoms with van der Waals surface area (Å²) < 4.78 is 0. The fourth-order valence-electron chi connectivity index (χ4n) is 2.26. The van der Waals surface area contributed by atoms with Crippen molar-refractivity contribution in [2.75, 3.05) is 26.2 Å². The first-order valence-electron chi connectivity index (χ1n) is 6.86. The van der Waals surface area contributed by atoms with Crippen molar-refractivity contribution in [3.05, 3.63) is 0 Å². The summed E-state index contributed by atoms with van der Waals surface area (Å²) in [6, 6.07) is -0.383. The van der Waals surface area contributed by atoms with Gasteiger partial charge in [0.15, 0.2) is 0 Å². The molecule has 1 unspecified atom stereocenters. The van der Waals surface area contributed by atoms with E-state index in [2.05, 4.69) is 5.32 Å². The molecule has 0 spiro atoms. The predicted molar refractivity (Wildman–Crippen MR) is 73.3 cm³/mol. The van der Waals surface area contributed by atoms with Crippen LogP contribution in [0.4, 0.5) is 4.79 Å². The Balaban J connectivity index is 2.59. The van der Waals surface area contributed by atoms with E-state index in [4.69, 9.17) is 0 Å². The van der Waals surface area contributed by atoms with E-state index >= 15 is 0 Å². The number of piperazine rings is 1. The zero-order valence-electron chi connectivity index (χ0n) is 12.3. The van der Waals surface area contributed by atoms with Gasteiger partial charge in [-0.3, -0.25) is 4.79 Å². The second-order valence-electron chi connectivity index (χ2n) is 5.31. The number of carbonyl (C=O) groups is 3. The van der Waals surface area contributed by atoms with E-state index in [1.807, 2.05) is 6.92 Å². The maximum atomic E-state index is 12.1. The minimum Gasteiger partial charge on any atom is -0.480 e. The first-order valence-corrected chi connectivity index (χ1v) is 6.86. The van der Waals surface area contributed by atoms with Crippen LogP contribution in [0.25, 0.3) is 0 Å². The van der Waals surface area contributed by atoms with Crippen molar-refractivity contribution in [3.63, 3.8) is 0 Å². The maximum Gasteiger partial charge on any atom is 0.329 e. The van der Waals surface area contributed by atoms with Gasteiger partial charge in [0, 0.05) is 33.1 Å². The normalized spacial score (nSPS) is 18.4. The molecule has 1 atom stereocenters. The van der Waals surface area contributed by atoms with Crippen LogP contribution in [-0.2, 0) is 9.59 Å². The second kappa shape index (κ2) is 6.58. The lowest BCUT2D eigenvalue weighted by Crippen LogP contribution is -2.59. The van der Waals surface area contributed by atoms with Gasteiger partial charge in [-0.15, -0.1) is 0 Å². The third-order valence-corrected chi connectivity index (χ3v) is 3.62. The molecule has 1 rings (SSSR count). The molecule has 1 heterocycles. The van der Waals surface area contributed by atoms with Crippen LogP contribution in [0.5, 0.6) is 0 Å². The number of amides is 3. The molecular formula is C13H23N3O4. The predicted octanol–water partition coefficient (Wildman–Crippen LogP) is 0.504. The van der Waals surface area contributed by atoms with E-state index in [1.54, 1.807) is 9.80 Å². The molecule has 0 radical (unpaired) electrons. The highest BCUT2D eigenvalue weighted by atomic mass is 16.4. The molecule has 0 aromatic heterocycles. The van der Waals surface area contributed by atoms with Crippen molar-refractivity contribution in [2.45, 2.75) is 39.2 Å². The Kier molecular flexibility index (Phi) is 5.35. The van der Waals surface area contributed by atoms with E-state index in [9.17, 15) is 19.5 Å². The van der Waals surface area contributed by atoms with Crippen LogP contribution in [0.15, 0.2) is 0 Å². The lowest BCUT2D eigenvalue weighted by Gasteiger charge is -2.36. The number of hydrogen-bond donors (Lipinski definition) is 2. The molecule has 0 bridgehead atoms. The first-order chi connectivity index (χ1) is 9.30. The number of carbonyl (C=O) groups excluding carboxylic acids is 2. The number of nitrogens with one attached hydrogen (secondary N) is 1. The van der Waals surface area contributed by atoms with Crippen LogP contribution in [-0.4, -0.2) is 64.5 Å². The Morgan fingerprint density at radius 2 is 1.65 bits per heavy atom. The molecule has 7 heteroatoms. The van der Waals surface area contributed by atoms with Gasteiger partial charge in [0.1, 0.15) is 5.54 Å². The zero-order chi connectivity index (χ0) is 15.3. The average molecular weight is 285 g/mol. The van der Waals surface area contributed by atoms with Crippen molar-refractivity contribution in [3.8, 4) is 0 Å². The van der Waals surface area contributed by atoms with Gasteiger partial charge in [-0.2, -0.15) is 0 Å². The summed E-state index contributed by atoms with van der Waals surface area (Å²) in [4.78, 5) is 37.8. The molecule has 3 amide bonds. The fourth-order valence-corrected chi connectivity index (χ4v) is 2.26. The van der Waals surface area contributed by atoms with Gasteiger partial charge in [0.2, 0.25) is 5.91 Å². The molecule has 0 aromatic carbocycles. The Morgan fingerprint density at radius 1 is 1.15 bits per heavy atom. The summed E-state index contributed by atoms with van der Waals surface area (Å²) in [7, 11) is 0. The number of rotatable bonds is 4. The maximum absolute atomic E-state index is 12.1. The van der Waals surface area contributed by atoms with E-state index < -0.39 is 11.5 Å². The van der Waals surface area contributed by atoms with Crippen molar-refractivity contribution in [1.82, 2.24) is 15.1 Å². The summed E-state index contributed by atoms with van der Waals surface area (Å²) in [5.74, 6) is -1.04. The van der Waals surface area contributed by atoms with E-state index in [0.29, 0.717) is 39.0 Å². The molecule has 1 fully saturated rings.